The number of aliphatic imine (C=N–C) groups is 1. The van der Waals surface area contributed by atoms with Crippen molar-refractivity contribution in [1.82, 2.24) is 25.0 Å². The van der Waals surface area contributed by atoms with Crippen LogP contribution in [-0.4, -0.2) is 115 Å². The molecule has 7 rings (SSSR count). The second-order valence-electron chi connectivity index (χ2n) is 12.9. The molecule has 3 aliphatic rings. The van der Waals surface area contributed by atoms with E-state index in [1.54, 1.807) is 54.5 Å². The fourth-order valence-electron chi connectivity index (χ4n) is 6.79. The molecule has 3 aliphatic heterocycles. The maximum Gasteiger partial charge on any atom is 0.338 e. The molecule has 0 aliphatic carbocycles. The van der Waals surface area contributed by atoms with Crippen LogP contribution in [-0.2, 0) is 9.53 Å². The highest BCUT2D eigenvalue weighted by atomic mass is 35.5. The number of fused-ring (bicyclic) bond motifs is 1. The van der Waals surface area contributed by atoms with E-state index in [0.29, 0.717) is 71.9 Å². The number of likely N-dealkylation sites (N-methyl/N-ethyl adjacent to an activating group) is 1. The number of carbonyl (C=O) groups is 3. The molecule has 0 unspecified atom stereocenters. The number of thiazole rings is 1. The normalized spacial score (nSPS) is 18.6. The molecule has 0 saturated carbocycles. The summed E-state index contributed by atoms with van der Waals surface area (Å²) >= 11 is 7.89. The molecule has 2 fully saturated rings. The number of amidine groups is 1. The molecule has 13 nitrogen and oxygen atoms in total. The molecule has 4 aromatic rings. The van der Waals surface area contributed by atoms with Gasteiger partial charge in [0.2, 0.25) is 0 Å². The van der Waals surface area contributed by atoms with Gasteiger partial charge in [-0.2, -0.15) is 0 Å². The number of nitrogens with one attached hydrogen (secondary N) is 1. The van der Waals surface area contributed by atoms with Crippen molar-refractivity contribution in [2.24, 2.45) is 4.99 Å². The zero-order valence-corrected chi connectivity index (χ0v) is 31.0. The molecule has 280 valence electrons. The van der Waals surface area contributed by atoms with Gasteiger partial charge in [0.25, 0.3) is 5.91 Å². The number of urea groups is 1. The summed E-state index contributed by atoms with van der Waals surface area (Å²) in [5, 5.41) is 15.0. The molecular weight excluding hydrogens is 737 g/mol. The molecule has 1 aromatic heterocycles. The molecular formula is C38H37ClFN7O6S. The highest BCUT2D eigenvalue weighted by molar-refractivity contribution is 7.11. The van der Waals surface area contributed by atoms with Gasteiger partial charge >= 0.3 is 12.0 Å². The Kier molecular flexibility index (Phi) is 10.9. The Morgan fingerprint density at radius 1 is 1.07 bits per heavy atom. The third-order valence-electron chi connectivity index (χ3n) is 9.51. The van der Waals surface area contributed by atoms with E-state index in [0.717, 1.165) is 5.69 Å². The van der Waals surface area contributed by atoms with Crippen LogP contribution in [0.3, 0.4) is 0 Å². The van der Waals surface area contributed by atoms with Crippen molar-refractivity contribution >= 4 is 52.4 Å². The van der Waals surface area contributed by atoms with Crippen molar-refractivity contribution in [3.63, 3.8) is 0 Å². The van der Waals surface area contributed by atoms with Gasteiger partial charge in [0.15, 0.2) is 10.8 Å². The summed E-state index contributed by atoms with van der Waals surface area (Å²) in [6, 6.07) is 17.0. The van der Waals surface area contributed by atoms with Crippen molar-refractivity contribution in [3.8, 4) is 11.5 Å². The zero-order chi connectivity index (χ0) is 37.9. The first kappa shape index (κ1) is 37.0. The second-order valence-corrected chi connectivity index (χ2v) is 14.2. The first-order valence-electron chi connectivity index (χ1n) is 17.2. The van der Waals surface area contributed by atoms with Crippen LogP contribution in [0, 0.1) is 5.82 Å². The molecule has 0 bridgehead atoms. The number of benzene rings is 3. The summed E-state index contributed by atoms with van der Waals surface area (Å²) < 4.78 is 25.3. The Bertz CT molecular complexity index is 2100. The highest BCUT2D eigenvalue weighted by Crippen LogP contribution is 2.37. The van der Waals surface area contributed by atoms with E-state index >= 15 is 0 Å². The molecule has 54 heavy (non-hydrogen) atoms. The van der Waals surface area contributed by atoms with Crippen LogP contribution in [0.2, 0.25) is 5.02 Å². The summed E-state index contributed by atoms with van der Waals surface area (Å²) in [7, 11) is 2.93. The van der Waals surface area contributed by atoms with Gasteiger partial charge in [-0.25, -0.2) is 19.0 Å². The Balaban J connectivity index is 1.05. The Labute approximate surface area is 319 Å². The molecule has 16 heteroatoms. The molecule has 2 atom stereocenters. The van der Waals surface area contributed by atoms with Gasteiger partial charge in [-0.1, -0.05) is 17.7 Å². The van der Waals surface area contributed by atoms with Crippen LogP contribution in [0.1, 0.15) is 27.0 Å². The SMILES string of the molecule is COC(=O)C1=C(CN2CCN3C(=O)N(c4ccc(Oc5ccc(C(=O)N(C)CCO)cc5)cc4)C[C@@H]3C2)NC(c2nccs2)=N[C@H]1c1ccc(F)cc1Cl. The topological polar surface area (TPSA) is 140 Å². The number of nitrogens with zero attached hydrogens (tertiary/aromatic N) is 6. The number of aliphatic hydroxyl groups excluding tert-OH is 1. The molecule has 4 heterocycles. The lowest BCUT2D eigenvalue weighted by molar-refractivity contribution is -0.136. The van der Waals surface area contributed by atoms with Gasteiger partial charge in [0, 0.05) is 85.4 Å². The average Bonchev–Trinajstić information content (AvgIpc) is 3.83. The van der Waals surface area contributed by atoms with Gasteiger partial charge in [0.05, 0.1) is 25.3 Å². The van der Waals surface area contributed by atoms with Gasteiger partial charge in [-0.05, 0) is 60.7 Å². The standard InChI is InChI=1S/C38H37ClFN7O6S/c1-44(16-17-48)36(49)23-3-8-27(9-4-23)53-28-10-6-25(7-11-28)47-21-26-20-45(14-15-46(26)38(47)51)22-31-32(37(50)52-2)33(29-12-5-24(40)19-30(29)39)43-34(42-31)35-41-13-18-54-35/h3-13,18-19,26,33,48H,14-17,20-22H2,1-2H3,(H,42,43)/t26-,33-/m0/s1. The fraction of sp³-hybridized carbons (Fsp3) is 0.289. The molecule has 0 radical (unpaired) electrons. The maximum absolute atomic E-state index is 14.1. The quantitative estimate of drug-likeness (QED) is 0.203. The van der Waals surface area contributed by atoms with E-state index in [1.807, 2.05) is 22.4 Å². The molecule has 2 saturated heterocycles. The van der Waals surface area contributed by atoms with Crippen molar-refractivity contribution in [3.05, 3.63) is 117 Å². The van der Waals surface area contributed by atoms with E-state index in [1.165, 1.54) is 41.5 Å². The first-order chi connectivity index (χ1) is 26.1. The fourth-order valence-corrected chi connectivity index (χ4v) is 7.65. The summed E-state index contributed by atoms with van der Waals surface area (Å²) in [4.78, 5) is 55.9. The van der Waals surface area contributed by atoms with Crippen LogP contribution in [0.5, 0.6) is 11.5 Å². The number of piperazine rings is 1. The molecule has 3 aromatic carbocycles. The number of esters is 1. The van der Waals surface area contributed by atoms with Crippen molar-refractivity contribution < 1.29 is 33.4 Å². The van der Waals surface area contributed by atoms with E-state index < -0.39 is 17.8 Å². The van der Waals surface area contributed by atoms with Gasteiger partial charge in [-0.3, -0.25) is 19.6 Å². The van der Waals surface area contributed by atoms with Gasteiger partial charge in [0.1, 0.15) is 23.4 Å². The van der Waals surface area contributed by atoms with E-state index in [4.69, 9.17) is 31.2 Å². The van der Waals surface area contributed by atoms with Crippen LogP contribution in [0.15, 0.2) is 94.6 Å². The summed E-state index contributed by atoms with van der Waals surface area (Å²) in [5.41, 5.74) is 2.50. The van der Waals surface area contributed by atoms with Crippen LogP contribution in [0.25, 0.3) is 0 Å². The van der Waals surface area contributed by atoms with E-state index in [9.17, 15) is 18.8 Å². The van der Waals surface area contributed by atoms with Crippen LogP contribution < -0.4 is 15.0 Å². The number of carbonyl (C=O) groups excluding carboxylic acids is 3. The molecule has 0 spiro atoms. The first-order valence-corrected chi connectivity index (χ1v) is 18.4. The minimum absolute atomic E-state index is 0.0887. The predicted molar refractivity (Wildman–Crippen MR) is 202 cm³/mol. The number of amides is 3. The van der Waals surface area contributed by atoms with Gasteiger partial charge < -0.3 is 29.7 Å². The monoisotopic (exact) mass is 773 g/mol. The second kappa shape index (κ2) is 15.9. The molecule has 3 amide bonds. The van der Waals surface area contributed by atoms with Gasteiger partial charge in [-0.15, -0.1) is 11.3 Å². The third kappa shape index (κ3) is 7.66. The van der Waals surface area contributed by atoms with Crippen molar-refractivity contribution in [2.45, 2.75) is 12.1 Å². The number of ether oxygens (including phenoxy) is 2. The lowest BCUT2D eigenvalue weighted by atomic mass is 9.95. The predicted octanol–water partition coefficient (Wildman–Crippen LogP) is 4.94. The minimum atomic E-state index is -0.870. The zero-order valence-electron chi connectivity index (χ0n) is 29.4. The molecule has 2 N–H and O–H groups in total. The lowest BCUT2D eigenvalue weighted by Crippen LogP contribution is -2.53. The summed E-state index contributed by atoms with van der Waals surface area (Å²) in [5.74, 6) is 0.288. The summed E-state index contributed by atoms with van der Waals surface area (Å²) in [6.45, 7) is 2.50. The average molecular weight is 774 g/mol. The minimum Gasteiger partial charge on any atom is -0.466 e. The number of halogens is 2. The smallest absolute Gasteiger partial charge is 0.338 e. The number of aliphatic hydroxyl groups is 1. The van der Waals surface area contributed by atoms with E-state index in [2.05, 4.69) is 15.2 Å². The number of anilines is 1. The Morgan fingerprint density at radius 3 is 2.48 bits per heavy atom. The maximum atomic E-state index is 14.1. The van der Waals surface area contributed by atoms with Crippen LogP contribution >= 0.6 is 22.9 Å². The number of hydrogen-bond donors (Lipinski definition) is 2. The third-order valence-corrected chi connectivity index (χ3v) is 10.6. The summed E-state index contributed by atoms with van der Waals surface area (Å²) in [6.07, 6.45) is 1.66. The highest BCUT2D eigenvalue weighted by Gasteiger charge is 2.42. The van der Waals surface area contributed by atoms with E-state index in [-0.39, 0.29) is 41.7 Å². The number of aromatic nitrogens is 1. The largest absolute Gasteiger partial charge is 0.466 e. The number of rotatable bonds is 11. The number of methoxy groups -OCH3 is 1. The van der Waals surface area contributed by atoms with Crippen molar-refractivity contribution in [1.29, 1.82) is 0 Å². The van der Waals surface area contributed by atoms with Crippen molar-refractivity contribution in [2.75, 3.05) is 64.9 Å². The number of hydrogen-bond acceptors (Lipinski definition) is 11. The Hall–Kier alpha value is -5.35. The lowest BCUT2D eigenvalue weighted by Gasteiger charge is -2.38. The van der Waals surface area contributed by atoms with Crippen LogP contribution in [0.4, 0.5) is 14.9 Å². The Morgan fingerprint density at radius 2 is 1.81 bits per heavy atom.